The molecule has 152 valence electrons. The summed E-state index contributed by atoms with van der Waals surface area (Å²) >= 11 is 1.20. The van der Waals surface area contributed by atoms with E-state index in [-0.39, 0.29) is 6.54 Å². The summed E-state index contributed by atoms with van der Waals surface area (Å²) in [5.74, 6) is 0.221. The van der Waals surface area contributed by atoms with Crippen LogP contribution in [0.3, 0.4) is 0 Å². The van der Waals surface area contributed by atoms with Crippen LogP contribution in [0.1, 0.15) is 5.56 Å². The summed E-state index contributed by atoms with van der Waals surface area (Å²) in [5, 5.41) is 11.6. The Hall–Kier alpha value is -2.98. The summed E-state index contributed by atoms with van der Waals surface area (Å²) in [6.45, 7) is 1.49. The molecule has 29 heavy (non-hydrogen) atoms. The van der Waals surface area contributed by atoms with Crippen molar-refractivity contribution < 1.29 is 17.9 Å². The van der Waals surface area contributed by atoms with Crippen LogP contribution in [-0.4, -0.2) is 44.4 Å². The lowest BCUT2D eigenvalue weighted by Crippen LogP contribution is -2.37. The van der Waals surface area contributed by atoms with E-state index in [2.05, 4.69) is 15.5 Å². The molecule has 10 heteroatoms. The molecule has 0 aliphatic heterocycles. The minimum absolute atomic E-state index is 0.290. The number of anilines is 2. The number of methoxy groups -OCH3 is 1. The predicted molar refractivity (Wildman–Crippen MR) is 114 cm³/mol. The van der Waals surface area contributed by atoms with Gasteiger partial charge >= 0.3 is 0 Å². The molecule has 1 aromatic heterocycles. The van der Waals surface area contributed by atoms with Gasteiger partial charge in [-0.2, -0.15) is 0 Å². The first-order valence-electron chi connectivity index (χ1n) is 8.58. The zero-order chi connectivity index (χ0) is 21.0. The fourth-order valence-electron chi connectivity index (χ4n) is 2.60. The fourth-order valence-corrected chi connectivity index (χ4v) is 4.21. The Morgan fingerprint density at radius 2 is 1.90 bits per heavy atom. The van der Waals surface area contributed by atoms with Crippen molar-refractivity contribution in [3.63, 3.8) is 0 Å². The van der Waals surface area contributed by atoms with E-state index in [4.69, 9.17) is 4.74 Å². The molecule has 0 atom stereocenters. The van der Waals surface area contributed by atoms with E-state index in [1.165, 1.54) is 11.3 Å². The predicted octanol–water partition coefficient (Wildman–Crippen LogP) is 2.93. The van der Waals surface area contributed by atoms with Crippen LogP contribution in [0.15, 0.2) is 48.5 Å². The van der Waals surface area contributed by atoms with Crippen molar-refractivity contribution in [2.24, 2.45) is 0 Å². The summed E-state index contributed by atoms with van der Waals surface area (Å²) in [5.41, 5.74) is 2.16. The minimum atomic E-state index is -3.64. The molecule has 0 aliphatic rings. The summed E-state index contributed by atoms with van der Waals surface area (Å²) in [4.78, 5) is 12.5. The van der Waals surface area contributed by atoms with E-state index in [0.29, 0.717) is 15.8 Å². The molecule has 2 aromatic carbocycles. The topological polar surface area (TPSA) is 101 Å². The van der Waals surface area contributed by atoms with Crippen LogP contribution in [0.2, 0.25) is 0 Å². The first-order chi connectivity index (χ1) is 13.8. The number of rotatable bonds is 7. The molecule has 0 aliphatic carbocycles. The van der Waals surface area contributed by atoms with E-state index in [0.717, 1.165) is 27.4 Å². The van der Waals surface area contributed by atoms with Gasteiger partial charge in [-0.05, 0) is 48.9 Å². The Kier molecular flexibility index (Phi) is 6.14. The Balaban J connectivity index is 1.73. The van der Waals surface area contributed by atoms with E-state index in [1.54, 1.807) is 37.4 Å². The van der Waals surface area contributed by atoms with E-state index in [9.17, 15) is 13.2 Å². The lowest BCUT2D eigenvalue weighted by Gasteiger charge is -2.21. The molecule has 0 radical (unpaired) electrons. The number of carbonyl (C=O) groups is 1. The van der Waals surface area contributed by atoms with Crippen molar-refractivity contribution in [2.45, 2.75) is 6.92 Å². The second kappa shape index (κ2) is 8.58. The molecular formula is C19H20N4O4S2. The van der Waals surface area contributed by atoms with Gasteiger partial charge in [-0.3, -0.25) is 14.4 Å². The fraction of sp³-hybridized carbons (Fsp3) is 0.211. The number of carbonyl (C=O) groups excluding carboxylic acids is 1. The number of nitrogens with one attached hydrogen (secondary N) is 1. The third-order valence-corrected chi connectivity index (χ3v) is 6.01. The third-order valence-electron chi connectivity index (χ3n) is 3.99. The lowest BCUT2D eigenvalue weighted by atomic mass is 10.2. The number of hydrogen-bond acceptors (Lipinski definition) is 7. The van der Waals surface area contributed by atoms with Crippen molar-refractivity contribution in [2.75, 3.05) is 29.5 Å². The second-order valence-electron chi connectivity index (χ2n) is 6.30. The monoisotopic (exact) mass is 432 g/mol. The standard InChI is InChI=1S/C19H20N4O4S2/c1-13-5-4-6-15(11-13)23(29(3,25)26)12-17(24)20-19-22-21-18(28-19)14-7-9-16(27-2)10-8-14/h4-11H,12H2,1-3H3,(H,20,22,24). The number of hydrogen-bond donors (Lipinski definition) is 1. The largest absolute Gasteiger partial charge is 0.497 e. The SMILES string of the molecule is COc1ccc(-c2nnc(NC(=O)CN(c3cccc(C)c3)S(C)(=O)=O)s2)cc1. The maximum atomic E-state index is 12.5. The number of ether oxygens (including phenoxy) is 1. The average molecular weight is 433 g/mol. The number of benzene rings is 2. The highest BCUT2D eigenvalue weighted by Gasteiger charge is 2.21. The number of sulfonamides is 1. The maximum Gasteiger partial charge on any atom is 0.246 e. The van der Waals surface area contributed by atoms with Crippen LogP contribution in [0.5, 0.6) is 5.75 Å². The molecule has 8 nitrogen and oxygen atoms in total. The number of aromatic nitrogens is 2. The molecule has 0 fully saturated rings. The van der Waals surface area contributed by atoms with Gasteiger partial charge in [0.15, 0.2) is 0 Å². The molecule has 3 aromatic rings. The van der Waals surface area contributed by atoms with Crippen molar-refractivity contribution in [3.8, 4) is 16.3 Å². The van der Waals surface area contributed by atoms with Crippen LogP contribution in [0.25, 0.3) is 10.6 Å². The van der Waals surface area contributed by atoms with E-state index < -0.39 is 15.9 Å². The maximum absolute atomic E-state index is 12.5. The van der Waals surface area contributed by atoms with Crippen molar-refractivity contribution >= 4 is 38.1 Å². The number of nitrogens with zero attached hydrogens (tertiary/aromatic N) is 3. The van der Waals surface area contributed by atoms with Gasteiger partial charge in [0.25, 0.3) is 0 Å². The highest BCUT2D eigenvalue weighted by molar-refractivity contribution is 7.92. The first kappa shape index (κ1) is 20.7. The summed E-state index contributed by atoms with van der Waals surface area (Å²) in [7, 11) is -2.05. The highest BCUT2D eigenvalue weighted by Crippen LogP contribution is 2.28. The zero-order valence-corrected chi connectivity index (χ0v) is 17.8. The van der Waals surface area contributed by atoms with Gasteiger partial charge in [-0.15, -0.1) is 10.2 Å². The summed E-state index contributed by atoms with van der Waals surface area (Å²) < 4.78 is 30.5. The molecule has 0 saturated carbocycles. The molecule has 0 spiro atoms. The van der Waals surface area contributed by atoms with Gasteiger partial charge in [0.1, 0.15) is 17.3 Å². The van der Waals surface area contributed by atoms with Gasteiger partial charge in [-0.1, -0.05) is 23.5 Å². The van der Waals surface area contributed by atoms with Gasteiger partial charge in [0, 0.05) is 5.56 Å². The Bertz CT molecular complexity index is 1110. The summed E-state index contributed by atoms with van der Waals surface area (Å²) in [6.07, 6.45) is 1.06. The highest BCUT2D eigenvalue weighted by atomic mass is 32.2. The molecule has 1 heterocycles. The van der Waals surface area contributed by atoms with Gasteiger partial charge in [0.05, 0.1) is 19.1 Å². The molecule has 1 N–H and O–H groups in total. The smallest absolute Gasteiger partial charge is 0.246 e. The third kappa shape index (κ3) is 5.30. The molecule has 3 rings (SSSR count). The Labute approximate surface area is 173 Å². The van der Waals surface area contributed by atoms with Crippen molar-refractivity contribution in [1.82, 2.24) is 10.2 Å². The second-order valence-corrected chi connectivity index (χ2v) is 9.18. The molecule has 0 unspecified atom stereocenters. The normalized spacial score (nSPS) is 11.1. The van der Waals surface area contributed by atoms with Crippen LogP contribution in [-0.2, 0) is 14.8 Å². The van der Waals surface area contributed by atoms with Crippen LogP contribution in [0.4, 0.5) is 10.8 Å². The van der Waals surface area contributed by atoms with E-state index in [1.807, 2.05) is 25.1 Å². The van der Waals surface area contributed by atoms with Crippen LogP contribution >= 0.6 is 11.3 Å². The molecule has 0 bridgehead atoms. The quantitative estimate of drug-likeness (QED) is 0.616. The van der Waals surface area contributed by atoms with Crippen molar-refractivity contribution in [3.05, 3.63) is 54.1 Å². The minimum Gasteiger partial charge on any atom is -0.497 e. The first-order valence-corrected chi connectivity index (χ1v) is 11.2. The molecule has 1 amide bonds. The van der Waals surface area contributed by atoms with E-state index >= 15 is 0 Å². The Morgan fingerprint density at radius 3 is 2.52 bits per heavy atom. The number of aryl methyl sites for hydroxylation is 1. The Morgan fingerprint density at radius 1 is 1.17 bits per heavy atom. The lowest BCUT2D eigenvalue weighted by molar-refractivity contribution is -0.114. The van der Waals surface area contributed by atoms with Crippen molar-refractivity contribution in [1.29, 1.82) is 0 Å². The van der Waals surface area contributed by atoms with Gasteiger partial charge in [-0.25, -0.2) is 8.42 Å². The summed E-state index contributed by atoms with van der Waals surface area (Å²) in [6, 6.07) is 14.2. The molecule has 0 saturated heterocycles. The zero-order valence-electron chi connectivity index (χ0n) is 16.1. The van der Waals surface area contributed by atoms with Gasteiger partial charge in [0.2, 0.25) is 21.1 Å². The van der Waals surface area contributed by atoms with Gasteiger partial charge < -0.3 is 4.74 Å². The molecular weight excluding hydrogens is 412 g/mol. The average Bonchev–Trinajstić information content (AvgIpc) is 3.13. The number of amides is 1. The van der Waals surface area contributed by atoms with Crippen LogP contribution < -0.4 is 14.4 Å². The van der Waals surface area contributed by atoms with Crippen LogP contribution in [0, 0.1) is 6.92 Å².